The van der Waals surface area contributed by atoms with Gasteiger partial charge < -0.3 is 24.6 Å². The molecule has 0 atom stereocenters. The molecule has 0 heteroatoms. The van der Waals surface area contributed by atoms with Gasteiger partial charge in [0.05, 0.1) is 0 Å². The Bertz CT molecular complexity index is 130. The van der Waals surface area contributed by atoms with Gasteiger partial charge in [-0.25, -0.2) is 12.1 Å². The second kappa shape index (κ2) is 1.69. The third-order valence-electron chi connectivity index (χ3n) is 0.774. The van der Waals surface area contributed by atoms with E-state index in [0.717, 1.165) is 0 Å². The molecule has 0 aliphatic rings. The third-order valence-corrected chi connectivity index (χ3v) is 0.774. The highest BCUT2D eigenvalue weighted by Gasteiger charge is 1.39. The van der Waals surface area contributed by atoms with E-state index in [-0.39, 0.29) is 0 Å². The van der Waals surface area contributed by atoms with Crippen LogP contribution in [0.3, 0.4) is 0 Å². The second-order valence-electron chi connectivity index (χ2n) is 1.37. The zero-order valence-corrected chi connectivity index (χ0v) is 3.89. The van der Waals surface area contributed by atoms with Gasteiger partial charge in [-0.3, -0.25) is 0 Å². The van der Waals surface area contributed by atoms with E-state index in [0.29, 0.717) is 5.56 Å². The smallest absolute Gasteiger partial charge is 0.128 e. The summed E-state index contributed by atoms with van der Waals surface area (Å²) < 4.78 is 0. The van der Waals surface area contributed by atoms with Crippen LogP contribution in [0.4, 0.5) is 0 Å². The summed E-state index contributed by atoms with van der Waals surface area (Å²) in [5, 5.41) is 0. The van der Waals surface area contributed by atoms with Crippen LogP contribution in [0.2, 0.25) is 0 Å². The molecule has 0 aliphatic carbocycles. The van der Waals surface area contributed by atoms with E-state index in [1.54, 1.807) is 12.1 Å². The van der Waals surface area contributed by atoms with Crippen molar-refractivity contribution in [3.05, 3.63) is 42.8 Å². The zero-order chi connectivity index (χ0) is 5.11. The summed E-state index contributed by atoms with van der Waals surface area (Å²) in [7, 11) is 0. The molecule has 1 rings (SSSR count). The van der Waals surface area contributed by atoms with Crippen LogP contribution in [0.25, 0.3) is 0 Å². The Kier molecular flexibility index (Phi) is 1.03. The minimum Gasteiger partial charge on any atom is -0.764 e. The fraction of sp³-hybridized carbons (Fsp3) is 0. The maximum absolute atomic E-state index is 7.00. The average molecular weight is 89.1 g/mol. The van der Waals surface area contributed by atoms with Crippen LogP contribution in [-0.2, 0) is 0 Å². The van der Waals surface area contributed by atoms with Gasteiger partial charge >= 0.3 is 0 Å². The molecule has 0 amide bonds. The van der Waals surface area contributed by atoms with Gasteiger partial charge in [-0.2, -0.15) is 0 Å². The molecule has 0 bridgehead atoms. The van der Waals surface area contributed by atoms with E-state index in [2.05, 4.69) is 0 Å². The van der Waals surface area contributed by atoms with Gasteiger partial charge in [0.25, 0.3) is 0 Å². The van der Waals surface area contributed by atoms with Crippen molar-refractivity contribution in [3.63, 3.8) is 0 Å². The minimum absolute atomic E-state index is 0.572. The molecule has 0 aliphatic heterocycles. The van der Waals surface area contributed by atoms with E-state index in [9.17, 15) is 0 Å². The Hall–Kier alpha value is -0.910. The van der Waals surface area contributed by atoms with E-state index in [4.69, 9.17) is 6.92 Å². The molecule has 0 radical (unpaired) electrons. The van der Waals surface area contributed by atoms with E-state index >= 15 is 0 Å². The van der Waals surface area contributed by atoms with Crippen LogP contribution < -0.4 is 0 Å². The third kappa shape index (κ3) is 0.967. The Morgan fingerprint density at radius 2 is 1.57 bits per heavy atom. The van der Waals surface area contributed by atoms with E-state index < -0.39 is 0 Å². The zero-order valence-electron chi connectivity index (χ0n) is 3.89. The molecular formula is C7H5-3. The van der Waals surface area contributed by atoms with Gasteiger partial charge in [0.15, 0.2) is 0 Å². The Labute approximate surface area is 43.8 Å². The number of hydrogen-bond donors (Lipinski definition) is 0. The molecule has 0 N–H and O–H groups in total. The second-order valence-corrected chi connectivity index (χ2v) is 1.37. The van der Waals surface area contributed by atoms with Gasteiger partial charge in [0, 0.05) is 0 Å². The minimum atomic E-state index is 0.572. The Morgan fingerprint density at radius 3 is 1.86 bits per heavy atom. The predicted octanol–water partition coefficient (Wildman–Crippen LogP) is 1.62. The molecule has 36 valence electrons. The lowest BCUT2D eigenvalue weighted by Crippen LogP contribution is -1.62. The molecule has 0 saturated heterocycles. The maximum Gasteiger partial charge on any atom is -0.128 e. The Balaban J connectivity index is 3.02. The highest BCUT2D eigenvalue weighted by molar-refractivity contribution is 5.16. The molecule has 1 aromatic carbocycles. The van der Waals surface area contributed by atoms with Crippen molar-refractivity contribution in [1.29, 1.82) is 0 Å². The first-order chi connectivity index (χ1) is 3.39. The van der Waals surface area contributed by atoms with Crippen LogP contribution in [0.5, 0.6) is 0 Å². The molecule has 0 saturated carbocycles. The summed E-state index contributed by atoms with van der Waals surface area (Å²) in [6.45, 7) is 7.00. The summed E-state index contributed by atoms with van der Waals surface area (Å²) in [6.07, 6.45) is 0. The summed E-state index contributed by atoms with van der Waals surface area (Å²) >= 11 is 0. The number of hydrogen-bond acceptors (Lipinski definition) is 0. The predicted molar refractivity (Wildman–Crippen MR) is 28.8 cm³/mol. The van der Waals surface area contributed by atoms with Crippen molar-refractivity contribution in [2.45, 2.75) is 0 Å². The molecular weight excluding hydrogens is 84.1 g/mol. The van der Waals surface area contributed by atoms with Crippen LogP contribution in [0.1, 0.15) is 5.56 Å². The van der Waals surface area contributed by atoms with Gasteiger partial charge in [-0.1, -0.05) is 0 Å². The van der Waals surface area contributed by atoms with Gasteiger partial charge in [-0.15, -0.1) is 6.07 Å². The standard InChI is InChI=1S/C7H5/c1-7-5-3-2-4-6-7/h2-6H/q-3. The lowest BCUT2D eigenvalue weighted by Gasteiger charge is -2.24. The summed E-state index contributed by atoms with van der Waals surface area (Å²) in [5.74, 6) is 0. The van der Waals surface area contributed by atoms with Gasteiger partial charge in [0.2, 0.25) is 0 Å². The SMILES string of the molecule is [C-3]c1ccccc1. The average Bonchev–Trinajstić information content (AvgIpc) is 1.69. The van der Waals surface area contributed by atoms with E-state index in [1.807, 2.05) is 18.2 Å². The quantitative estimate of drug-likeness (QED) is 0.453. The number of benzene rings is 1. The van der Waals surface area contributed by atoms with Crippen LogP contribution in [-0.4, -0.2) is 0 Å². The first kappa shape index (κ1) is 4.25. The van der Waals surface area contributed by atoms with Crippen molar-refractivity contribution in [2.75, 3.05) is 0 Å². The van der Waals surface area contributed by atoms with E-state index in [1.165, 1.54) is 0 Å². The molecule has 1 aromatic rings. The molecule has 0 fully saturated rings. The lowest BCUT2D eigenvalue weighted by atomic mass is 10.2. The topological polar surface area (TPSA) is 0 Å². The fourth-order valence-corrected chi connectivity index (χ4v) is 0.438. The summed E-state index contributed by atoms with van der Waals surface area (Å²) in [4.78, 5) is 0. The van der Waals surface area contributed by atoms with Crippen LogP contribution in [0.15, 0.2) is 30.3 Å². The van der Waals surface area contributed by atoms with Gasteiger partial charge in [-0.05, 0) is 0 Å². The van der Waals surface area contributed by atoms with Crippen LogP contribution in [0, 0.1) is 6.92 Å². The van der Waals surface area contributed by atoms with Crippen molar-refractivity contribution >= 4 is 0 Å². The van der Waals surface area contributed by atoms with Crippen LogP contribution >= 0.6 is 0 Å². The molecule has 0 aromatic heterocycles. The first-order valence-corrected chi connectivity index (χ1v) is 2.16. The largest absolute Gasteiger partial charge is 0.764 e. The summed E-state index contributed by atoms with van der Waals surface area (Å²) in [6, 6.07) is 9.10. The first-order valence-electron chi connectivity index (χ1n) is 2.16. The maximum atomic E-state index is 7.00. The highest BCUT2D eigenvalue weighted by atomic mass is 13.8. The highest BCUT2D eigenvalue weighted by Crippen LogP contribution is 1.92. The molecule has 0 nitrogen and oxygen atoms in total. The monoisotopic (exact) mass is 89.0 g/mol. The molecule has 0 heterocycles. The normalized spacial score (nSPS) is 8.57. The van der Waals surface area contributed by atoms with Crippen molar-refractivity contribution in [2.24, 2.45) is 0 Å². The molecule has 0 spiro atoms. The van der Waals surface area contributed by atoms with Crippen molar-refractivity contribution in [3.8, 4) is 0 Å². The molecule has 0 unspecified atom stereocenters. The number of rotatable bonds is 0. The van der Waals surface area contributed by atoms with Gasteiger partial charge in [0.1, 0.15) is 0 Å². The summed E-state index contributed by atoms with van der Waals surface area (Å²) in [5.41, 5.74) is 0.572. The molecule has 7 heavy (non-hydrogen) atoms. The van der Waals surface area contributed by atoms with Crippen molar-refractivity contribution in [1.82, 2.24) is 0 Å². The Morgan fingerprint density at radius 1 is 1.00 bits per heavy atom. The lowest BCUT2D eigenvalue weighted by molar-refractivity contribution is 1.62. The fourth-order valence-electron chi connectivity index (χ4n) is 0.438. The van der Waals surface area contributed by atoms with Crippen molar-refractivity contribution < 1.29 is 0 Å².